The molecule has 1 N–H and O–H groups in total. The summed E-state index contributed by atoms with van der Waals surface area (Å²) in [4.78, 5) is 12.2. The summed E-state index contributed by atoms with van der Waals surface area (Å²) in [6.07, 6.45) is 2.08. The molecule has 7 nitrogen and oxygen atoms in total. The van der Waals surface area contributed by atoms with Gasteiger partial charge in [-0.15, -0.1) is 0 Å². The van der Waals surface area contributed by atoms with E-state index in [1.165, 1.54) is 0 Å². The smallest absolute Gasteiger partial charge is 0.240 e. The molecular weight excluding hydrogens is 418 g/mol. The van der Waals surface area contributed by atoms with Crippen LogP contribution in [0.5, 0.6) is 11.5 Å². The first-order chi connectivity index (χ1) is 14.2. The van der Waals surface area contributed by atoms with Crippen LogP contribution >= 0.6 is 0 Å². The van der Waals surface area contributed by atoms with Gasteiger partial charge in [-0.1, -0.05) is 6.07 Å². The van der Waals surface area contributed by atoms with Crippen LogP contribution in [0, 0.1) is 11.6 Å². The number of hydrogen-bond acceptors (Lipinski definition) is 5. The highest BCUT2D eigenvalue weighted by Crippen LogP contribution is 2.28. The zero-order valence-electron chi connectivity index (χ0n) is 16.9. The van der Waals surface area contributed by atoms with Crippen LogP contribution in [-0.2, 0) is 21.2 Å². The summed E-state index contributed by atoms with van der Waals surface area (Å²) in [5.41, 5.74) is 0.590. The fraction of sp³-hybridized carbons (Fsp3) is 0.350. The Morgan fingerprint density at radius 1 is 1.07 bits per heavy atom. The van der Waals surface area contributed by atoms with Gasteiger partial charge >= 0.3 is 0 Å². The average Bonchev–Trinajstić information content (AvgIpc) is 2.69. The summed E-state index contributed by atoms with van der Waals surface area (Å²) in [5, 5.41) is 2.61. The molecule has 2 rings (SSSR count). The van der Waals surface area contributed by atoms with Gasteiger partial charge < -0.3 is 14.8 Å². The molecule has 0 radical (unpaired) electrons. The van der Waals surface area contributed by atoms with Crippen molar-refractivity contribution >= 4 is 21.6 Å². The average molecular weight is 442 g/mol. The van der Waals surface area contributed by atoms with Crippen LogP contribution in [-0.4, -0.2) is 47.9 Å². The van der Waals surface area contributed by atoms with Gasteiger partial charge in [0.1, 0.15) is 18.2 Å². The molecule has 2 aromatic carbocycles. The van der Waals surface area contributed by atoms with Crippen LogP contribution in [0.1, 0.15) is 12.0 Å². The molecule has 1 amide bonds. The van der Waals surface area contributed by atoms with Crippen LogP contribution in [0.25, 0.3) is 0 Å². The van der Waals surface area contributed by atoms with Crippen molar-refractivity contribution in [3.63, 3.8) is 0 Å². The molecule has 0 saturated heterocycles. The van der Waals surface area contributed by atoms with Crippen LogP contribution in [0.15, 0.2) is 36.4 Å². The van der Waals surface area contributed by atoms with Crippen LogP contribution < -0.4 is 19.1 Å². The third-order valence-electron chi connectivity index (χ3n) is 4.28. The molecule has 0 spiro atoms. The van der Waals surface area contributed by atoms with E-state index in [2.05, 4.69) is 5.32 Å². The third kappa shape index (κ3) is 6.31. The van der Waals surface area contributed by atoms with E-state index in [0.717, 1.165) is 24.0 Å². The summed E-state index contributed by atoms with van der Waals surface area (Å²) < 4.78 is 62.1. The van der Waals surface area contributed by atoms with Crippen molar-refractivity contribution in [3.05, 3.63) is 53.6 Å². The molecule has 0 aliphatic heterocycles. The van der Waals surface area contributed by atoms with Gasteiger partial charge in [-0.05, 0) is 42.7 Å². The normalized spacial score (nSPS) is 11.1. The van der Waals surface area contributed by atoms with Gasteiger partial charge in [-0.3, -0.25) is 9.10 Å². The van der Waals surface area contributed by atoms with Crippen molar-refractivity contribution in [1.29, 1.82) is 0 Å². The number of anilines is 1. The molecule has 0 aliphatic carbocycles. The van der Waals surface area contributed by atoms with Gasteiger partial charge in [0.25, 0.3) is 0 Å². The molecule has 0 heterocycles. The van der Waals surface area contributed by atoms with Gasteiger partial charge in [-0.2, -0.15) is 0 Å². The molecule has 2 aromatic rings. The summed E-state index contributed by atoms with van der Waals surface area (Å²) in [7, 11) is -0.865. The zero-order chi connectivity index (χ0) is 22.3. The van der Waals surface area contributed by atoms with Gasteiger partial charge in [0, 0.05) is 12.6 Å². The van der Waals surface area contributed by atoms with Crippen molar-refractivity contribution in [1.82, 2.24) is 5.32 Å². The predicted molar refractivity (Wildman–Crippen MR) is 109 cm³/mol. The molecule has 0 fully saturated rings. The number of rotatable bonds is 10. The molecule has 0 saturated carbocycles. The Balaban J connectivity index is 1.94. The number of sulfonamides is 1. The molecule has 0 atom stereocenters. The summed E-state index contributed by atoms with van der Waals surface area (Å²) in [6, 6.07) is 7.98. The minimum absolute atomic E-state index is 0.288. The van der Waals surface area contributed by atoms with Crippen molar-refractivity contribution in [2.45, 2.75) is 12.8 Å². The first-order valence-corrected chi connectivity index (χ1v) is 10.9. The maximum Gasteiger partial charge on any atom is 0.240 e. The second-order valence-corrected chi connectivity index (χ2v) is 8.42. The minimum Gasteiger partial charge on any atom is -0.493 e. The maximum absolute atomic E-state index is 14.0. The molecule has 10 heteroatoms. The number of carbonyl (C=O) groups excluding carboxylic acids is 1. The largest absolute Gasteiger partial charge is 0.493 e. The summed E-state index contributed by atoms with van der Waals surface area (Å²) in [6.45, 7) is -0.325. The molecular formula is C20H24F2N2O5S. The van der Waals surface area contributed by atoms with Crippen molar-refractivity contribution in [2.75, 3.05) is 37.9 Å². The lowest BCUT2D eigenvalue weighted by Crippen LogP contribution is -2.41. The fourth-order valence-electron chi connectivity index (χ4n) is 2.81. The Labute approximate surface area is 174 Å². The Morgan fingerprint density at radius 2 is 1.77 bits per heavy atom. The number of nitrogens with one attached hydrogen (secondary N) is 1. The highest BCUT2D eigenvalue weighted by atomic mass is 32.2. The lowest BCUT2D eigenvalue weighted by atomic mass is 10.1. The van der Waals surface area contributed by atoms with Crippen LogP contribution in [0.4, 0.5) is 14.5 Å². The number of methoxy groups -OCH3 is 2. The second kappa shape index (κ2) is 10.2. The van der Waals surface area contributed by atoms with Gasteiger partial charge in [0.15, 0.2) is 11.5 Å². The van der Waals surface area contributed by atoms with Crippen LogP contribution in [0.2, 0.25) is 0 Å². The van der Waals surface area contributed by atoms with E-state index >= 15 is 0 Å². The Morgan fingerprint density at radius 3 is 2.37 bits per heavy atom. The van der Waals surface area contributed by atoms with E-state index in [9.17, 15) is 22.0 Å². The summed E-state index contributed by atoms with van der Waals surface area (Å²) >= 11 is 0. The van der Waals surface area contributed by atoms with E-state index < -0.39 is 34.1 Å². The Kier molecular flexibility index (Phi) is 7.99. The number of nitrogens with zero attached hydrogens (tertiary/aromatic N) is 1. The molecule has 0 unspecified atom stereocenters. The molecule has 0 bridgehead atoms. The topological polar surface area (TPSA) is 84.9 Å². The lowest BCUT2D eigenvalue weighted by Gasteiger charge is -2.22. The van der Waals surface area contributed by atoms with Crippen molar-refractivity contribution < 1.29 is 31.5 Å². The second-order valence-electron chi connectivity index (χ2n) is 6.51. The third-order valence-corrected chi connectivity index (χ3v) is 5.40. The van der Waals surface area contributed by atoms with E-state index in [1.807, 2.05) is 12.1 Å². The first-order valence-electron chi connectivity index (χ1n) is 9.06. The van der Waals surface area contributed by atoms with Gasteiger partial charge in [-0.25, -0.2) is 17.2 Å². The SMILES string of the molecule is COc1ccc(CCCNC(=O)CN(c2ccc(F)cc2F)S(C)(=O)=O)cc1OC. The number of carbonyl (C=O) groups is 1. The molecule has 0 aromatic heterocycles. The monoisotopic (exact) mass is 442 g/mol. The standard InChI is InChI=1S/C20H24F2N2O5S/c1-28-18-9-6-14(11-19(18)29-2)5-4-10-23-20(25)13-24(30(3,26)27)17-8-7-15(21)12-16(17)22/h6-9,11-12H,4-5,10,13H2,1-3H3,(H,23,25). The van der Waals surface area contributed by atoms with Crippen LogP contribution in [0.3, 0.4) is 0 Å². The quantitative estimate of drug-likeness (QED) is 0.572. The highest BCUT2D eigenvalue weighted by molar-refractivity contribution is 7.92. The number of benzene rings is 2. The van der Waals surface area contributed by atoms with E-state index in [0.29, 0.717) is 34.7 Å². The van der Waals surface area contributed by atoms with Gasteiger partial charge in [0.05, 0.1) is 26.2 Å². The summed E-state index contributed by atoms with van der Waals surface area (Å²) in [5.74, 6) is -1.30. The Hall–Kier alpha value is -2.88. The van der Waals surface area contributed by atoms with Gasteiger partial charge in [0.2, 0.25) is 15.9 Å². The van der Waals surface area contributed by atoms with Crippen molar-refractivity contribution in [2.24, 2.45) is 0 Å². The highest BCUT2D eigenvalue weighted by Gasteiger charge is 2.23. The van der Waals surface area contributed by atoms with Crippen molar-refractivity contribution in [3.8, 4) is 11.5 Å². The molecule has 164 valence electrons. The number of ether oxygens (including phenoxy) is 2. The lowest BCUT2D eigenvalue weighted by molar-refractivity contribution is -0.119. The Bertz CT molecular complexity index is 999. The first kappa shape index (κ1) is 23.4. The minimum atomic E-state index is -3.95. The van der Waals surface area contributed by atoms with E-state index in [-0.39, 0.29) is 12.2 Å². The fourth-order valence-corrected chi connectivity index (χ4v) is 3.66. The molecule has 0 aliphatic rings. The van der Waals surface area contributed by atoms with E-state index in [4.69, 9.17) is 9.47 Å². The number of hydrogen-bond donors (Lipinski definition) is 1. The number of aryl methyl sites for hydroxylation is 1. The zero-order valence-corrected chi connectivity index (χ0v) is 17.8. The molecule has 30 heavy (non-hydrogen) atoms. The predicted octanol–water partition coefficient (Wildman–Crippen LogP) is 2.50. The maximum atomic E-state index is 14.0. The number of amides is 1. The van der Waals surface area contributed by atoms with E-state index in [1.54, 1.807) is 20.3 Å². The number of halogens is 2.